The van der Waals surface area contributed by atoms with Gasteiger partial charge in [0.15, 0.2) is 5.13 Å². The Morgan fingerprint density at radius 3 is 3.00 bits per heavy atom. The van der Waals surface area contributed by atoms with Crippen LogP contribution in [0.4, 0.5) is 5.13 Å². The number of hydrogen-bond acceptors (Lipinski definition) is 7. The highest BCUT2D eigenvalue weighted by Crippen LogP contribution is 2.33. The van der Waals surface area contributed by atoms with Gasteiger partial charge in [-0.1, -0.05) is 11.3 Å². The van der Waals surface area contributed by atoms with Gasteiger partial charge in [0, 0.05) is 20.6 Å². The normalized spacial score (nSPS) is 18.9. The molecule has 1 fully saturated rings. The van der Waals surface area contributed by atoms with Gasteiger partial charge < -0.3 is 19.7 Å². The molecule has 1 atom stereocenters. The standard InChI is InChI=1S/C13H17N3O3S2/c1-16(2)13-15-12-10(21-13)5-9(20-12)11(17)14-6-8-7-18-3-4-19-8/h5,8H,3-4,6-7H2,1-2H3,(H,14,17)/t8-/m0/s1. The van der Waals surface area contributed by atoms with Crippen molar-refractivity contribution in [3.05, 3.63) is 10.9 Å². The third-order valence-corrected chi connectivity index (χ3v) is 5.39. The maximum Gasteiger partial charge on any atom is 0.261 e. The van der Waals surface area contributed by atoms with Gasteiger partial charge in [0.2, 0.25) is 0 Å². The average Bonchev–Trinajstić information content (AvgIpc) is 3.04. The number of aromatic nitrogens is 1. The smallest absolute Gasteiger partial charge is 0.261 e. The van der Waals surface area contributed by atoms with E-state index in [4.69, 9.17) is 9.47 Å². The molecule has 0 aromatic carbocycles. The molecule has 0 unspecified atom stereocenters. The van der Waals surface area contributed by atoms with E-state index in [2.05, 4.69) is 10.3 Å². The van der Waals surface area contributed by atoms with Crippen LogP contribution in [-0.2, 0) is 9.47 Å². The highest BCUT2D eigenvalue weighted by molar-refractivity contribution is 7.29. The molecular weight excluding hydrogens is 310 g/mol. The third kappa shape index (κ3) is 3.34. The molecule has 0 bridgehead atoms. The molecule has 21 heavy (non-hydrogen) atoms. The van der Waals surface area contributed by atoms with Crippen LogP contribution in [0.1, 0.15) is 9.67 Å². The van der Waals surface area contributed by atoms with E-state index in [1.54, 1.807) is 11.3 Å². The van der Waals surface area contributed by atoms with Crippen LogP contribution in [0.3, 0.4) is 0 Å². The van der Waals surface area contributed by atoms with Crippen molar-refractivity contribution in [2.75, 3.05) is 45.4 Å². The van der Waals surface area contributed by atoms with Crippen molar-refractivity contribution < 1.29 is 14.3 Å². The van der Waals surface area contributed by atoms with E-state index in [1.165, 1.54) is 11.3 Å². The van der Waals surface area contributed by atoms with Crippen LogP contribution in [0.25, 0.3) is 9.53 Å². The minimum absolute atomic E-state index is 0.0535. The van der Waals surface area contributed by atoms with E-state index in [0.29, 0.717) is 31.2 Å². The molecule has 0 radical (unpaired) electrons. The zero-order valence-electron chi connectivity index (χ0n) is 11.9. The van der Waals surface area contributed by atoms with Gasteiger partial charge in [-0.05, 0) is 6.07 Å². The van der Waals surface area contributed by atoms with E-state index in [1.807, 2.05) is 25.1 Å². The lowest BCUT2D eigenvalue weighted by atomic mass is 10.3. The van der Waals surface area contributed by atoms with Crippen molar-refractivity contribution in [3.63, 3.8) is 0 Å². The molecule has 0 spiro atoms. The lowest BCUT2D eigenvalue weighted by Crippen LogP contribution is -2.39. The molecule has 2 aromatic rings. The summed E-state index contributed by atoms with van der Waals surface area (Å²) in [7, 11) is 3.92. The van der Waals surface area contributed by atoms with Crippen molar-refractivity contribution in [2.45, 2.75) is 6.10 Å². The fourth-order valence-electron chi connectivity index (χ4n) is 1.98. The van der Waals surface area contributed by atoms with Crippen molar-refractivity contribution >= 4 is 43.2 Å². The Kier molecular flexibility index (Phi) is 4.39. The quantitative estimate of drug-likeness (QED) is 0.923. The number of anilines is 1. The van der Waals surface area contributed by atoms with E-state index in [9.17, 15) is 4.79 Å². The van der Waals surface area contributed by atoms with Crippen molar-refractivity contribution in [1.29, 1.82) is 0 Å². The largest absolute Gasteiger partial charge is 0.376 e. The summed E-state index contributed by atoms with van der Waals surface area (Å²) < 4.78 is 11.9. The van der Waals surface area contributed by atoms with Gasteiger partial charge in [-0.25, -0.2) is 4.98 Å². The molecular formula is C13H17N3O3S2. The summed E-state index contributed by atoms with van der Waals surface area (Å²) in [5.74, 6) is -0.0780. The van der Waals surface area contributed by atoms with Crippen molar-refractivity contribution in [3.8, 4) is 0 Å². The molecule has 0 aliphatic carbocycles. The fourth-order valence-corrected chi connectivity index (χ4v) is 4.02. The van der Waals surface area contributed by atoms with Gasteiger partial charge in [0.1, 0.15) is 4.83 Å². The highest BCUT2D eigenvalue weighted by Gasteiger charge is 2.18. The summed E-state index contributed by atoms with van der Waals surface area (Å²) in [6.07, 6.45) is -0.0535. The number of fused-ring (bicyclic) bond motifs is 1. The molecule has 1 aliphatic rings. The van der Waals surface area contributed by atoms with Crippen LogP contribution < -0.4 is 10.2 Å². The molecule has 3 heterocycles. The Morgan fingerprint density at radius 1 is 1.48 bits per heavy atom. The second-order valence-electron chi connectivity index (χ2n) is 4.95. The van der Waals surface area contributed by atoms with E-state index in [-0.39, 0.29) is 12.0 Å². The first-order valence-electron chi connectivity index (χ1n) is 6.68. The van der Waals surface area contributed by atoms with Gasteiger partial charge >= 0.3 is 0 Å². The average molecular weight is 327 g/mol. The van der Waals surface area contributed by atoms with Gasteiger partial charge in [-0.2, -0.15) is 0 Å². The zero-order chi connectivity index (χ0) is 14.8. The summed E-state index contributed by atoms with van der Waals surface area (Å²) in [5.41, 5.74) is 0. The minimum Gasteiger partial charge on any atom is -0.376 e. The first-order chi connectivity index (χ1) is 10.1. The first kappa shape index (κ1) is 14.7. The number of nitrogens with zero attached hydrogens (tertiary/aromatic N) is 2. The summed E-state index contributed by atoms with van der Waals surface area (Å²) in [5, 5.41) is 3.84. The van der Waals surface area contributed by atoms with Crippen LogP contribution >= 0.6 is 22.7 Å². The molecule has 8 heteroatoms. The maximum absolute atomic E-state index is 12.1. The second-order valence-corrected chi connectivity index (χ2v) is 6.99. The second kappa shape index (κ2) is 6.27. The van der Waals surface area contributed by atoms with E-state index >= 15 is 0 Å². The number of amides is 1. The van der Waals surface area contributed by atoms with Crippen LogP contribution in [0, 0.1) is 0 Å². The summed E-state index contributed by atoms with van der Waals surface area (Å²) in [6.45, 7) is 2.23. The molecule has 1 aliphatic heterocycles. The molecule has 2 aromatic heterocycles. The summed E-state index contributed by atoms with van der Waals surface area (Å²) in [6, 6.07) is 1.90. The van der Waals surface area contributed by atoms with E-state index < -0.39 is 0 Å². The Morgan fingerprint density at radius 2 is 2.33 bits per heavy atom. The SMILES string of the molecule is CN(C)c1nc2sc(C(=O)NC[C@H]3COCCO3)cc2s1. The molecule has 0 saturated carbocycles. The summed E-state index contributed by atoms with van der Waals surface area (Å²) in [4.78, 5) is 20.2. The molecule has 114 valence electrons. The van der Waals surface area contributed by atoms with Crippen molar-refractivity contribution in [1.82, 2.24) is 10.3 Å². The van der Waals surface area contributed by atoms with Gasteiger partial charge in [0.25, 0.3) is 5.91 Å². The molecule has 1 saturated heterocycles. The van der Waals surface area contributed by atoms with Crippen LogP contribution in [0.15, 0.2) is 6.07 Å². The number of carbonyl (C=O) groups is 1. The molecule has 6 nitrogen and oxygen atoms in total. The maximum atomic E-state index is 12.1. The van der Waals surface area contributed by atoms with Crippen LogP contribution in [-0.4, -0.2) is 57.5 Å². The number of hydrogen-bond donors (Lipinski definition) is 1. The number of ether oxygens (including phenoxy) is 2. The predicted molar refractivity (Wildman–Crippen MR) is 84.7 cm³/mol. The lowest BCUT2D eigenvalue weighted by Gasteiger charge is -2.22. The third-order valence-electron chi connectivity index (χ3n) is 3.06. The fraction of sp³-hybridized carbons (Fsp3) is 0.538. The first-order valence-corrected chi connectivity index (χ1v) is 8.32. The Bertz CT molecular complexity index is 600. The molecule has 1 N–H and O–H groups in total. The molecule has 1 amide bonds. The Hall–Kier alpha value is -1.22. The number of nitrogens with one attached hydrogen (secondary N) is 1. The Labute approximate surface area is 130 Å². The highest BCUT2D eigenvalue weighted by atomic mass is 32.1. The predicted octanol–water partition coefficient (Wildman–Crippen LogP) is 1.57. The minimum atomic E-state index is -0.0780. The number of rotatable bonds is 4. The Balaban J connectivity index is 1.62. The monoisotopic (exact) mass is 327 g/mol. The lowest BCUT2D eigenvalue weighted by molar-refractivity contribution is -0.0855. The van der Waals surface area contributed by atoms with Gasteiger partial charge in [-0.3, -0.25) is 4.79 Å². The van der Waals surface area contributed by atoms with Crippen LogP contribution in [0.5, 0.6) is 0 Å². The molecule has 3 rings (SSSR count). The number of thiazole rings is 1. The van der Waals surface area contributed by atoms with Gasteiger partial charge in [-0.15, -0.1) is 11.3 Å². The number of thiophene rings is 1. The van der Waals surface area contributed by atoms with Crippen LogP contribution in [0.2, 0.25) is 0 Å². The van der Waals surface area contributed by atoms with Gasteiger partial charge in [0.05, 0.1) is 35.5 Å². The number of carbonyl (C=O) groups excluding carboxylic acids is 1. The van der Waals surface area contributed by atoms with Crippen molar-refractivity contribution in [2.24, 2.45) is 0 Å². The summed E-state index contributed by atoms with van der Waals surface area (Å²) >= 11 is 3.01. The van der Waals surface area contributed by atoms with E-state index in [0.717, 1.165) is 14.7 Å². The topological polar surface area (TPSA) is 63.7 Å². The zero-order valence-corrected chi connectivity index (χ0v) is 13.6.